The molecule has 0 saturated carbocycles. The van der Waals surface area contributed by atoms with Crippen LogP contribution in [-0.4, -0.2) is 33.3 Å². The zero-order valence-corrected chi connectivity index (χ0v) is 8.50. The van der Waals surface area contributed by atoms with Crippen molar-refractivity contribution in [3.8, 4) is 0 Å². The summed E-state index contributed by atoms with van der Waals surface area (Å²) in [4.78, 5) is 0. The van der Waals surface area contributed by atoms with Gasteiger partial charge in [0, 0.05) is 0 Å². The Morgan fingerprint density at radius 3 is 2.29 bits per heavy atom. The summed E-state index contributed by atoms with van der Waals surface area (Å²) in [6, 6.07) is 0. The van der Waals surface area contributed by atoms with Gasteiger partial charge in [0.1, 0.15) is 0 Å². The Bertz CT molecular complexity index is 27.3. The summed E-state index contributed by atoms with van der Waals surface area (Å²) < 4.78 is 1.48. The third kappa shape index (κ3) is 7.48. The molecule has 0 heterocycles. The fourth-order valence-corrected chi connectivity index (χ4v) is 1.42. The molecule has 0 aromatic rings. The topological polar surface area (TPSA) is 0 Å². The molecule has 38 valence electrons. The van der Waals surface area contributed by atoms with Crippen LogP contribution in [0.2, 0.25) is 3.67 Å². The minimum atomic E-state index is 1.19. The zero-order chi connectivity index (χ0) is 5.54. The van der Waals surface area contributed by atoms with Crippen molar-refractivity contribution in [2.24, 2.45) is 0 Å². The van der Waals surface area contributed by atoms with E-state index in [-0.39, 0.29) is 0 Å². The summed E-state index contributed by atoms with van der Waals surface area (Å²) in [7, 11) is 0. The summed E-state index contributed by atoms with van der Waals surface area (Å²) in [6.45, 7) is 0. The number of alkyl halides is 1. The van der Waals surface area contributed by atoms with Crippen LogP contribution >= 0.6 is 15.9 Å². The Balaban J connectivity index is 2.45. The van der Waals surface area contributed by atoms with E-state index < -0.39 is 0 Å². The molecule has 0 amide bonds. The molecule has 0 aliphatic heterocycles. The van der Waals surface area contributed by atoms with E-state index in [9.17, 15) is 0 Å². The van der Waals surface area contributed by atoms with Gasteiger partial charge < -0.3 is 0 Å². The molecule has 0 saturated heterocycles. The van der Waals surface area contributed by atoms with Gasteiger partial charge in [0.2, 0.25) is 0 Å². The summed E-state index contributed by atoms with van der Waals surface area (Å²) in [5.41, 5.74) is 0. The van der Waals surface area contributed by atoms with Gasteiger partial charge in [-0.25, -0.2) is 0 Å². The fourth-order valence-electron chi connectivity index (χ4n) is 0.521. The van der Waals surface area contributed by atoms with Crippen LogP contribution in [0.4, 0.5) is 0 Å². The monoisotopic (exact) mass is 172 g/mol. The maximum absolute atomic E-state index is 3.39. The molecule has 0 radical (unpaired) electrons. The molecule has 0 bridgehead atoms. The van der Waals surface area contributed by atoms with Crippen molar-refractivity contribution in [3.05, 3.63) is 0 Å². The van der Waals surface area contributed by atoms with Crippen molar-refractivity contribution in [2.45, 2.75) is 22.9 Å². The molecule has 0 aromatic heterocycles. The molecular formula is C5H10BrNa. The van der Waals surface area contributed by atoms with Crippen molar-refractivity contribution >= 4 is 43.9 Å². The summed E-state index contributed by atoms with van der Waals surface area (Å²) in [5.74, 6) is 0. The Kier molecular flexibility index (Phi) is 9.06. The fraction of sp³-hybridized carbons (Fsp3) is 1.00. The number of rotatable bonds is 4. The molecule has 0 unspecified atom stereocenters. The van der Waals surface area contributed by atoms with E-state index in [1.54, 1.807) is 0 Å². The maximum atomic E-state index is 3.39. The third-order valence-electron chi connectivity index (χ3n) is 0.987. The van der Waals surface area contributed by atoms with E-state index in [4.69, 9.17) is 0 Å². The van der Waals surface area contributed by atoms with Crippen molar-refractivity contribution in [1.29, 1.82) is 0 Å². The average molecular weight is 173 g/mol. The number of halogens is 1. The second-order valence-electron chi connectivity index (χ2n) is 1.75. The minimum absolute atomic E-state index is 1.19. The van der Waals surface area contributed by atoms with Crippen LogP contribution in [0.25, 0.3) is 0 Å². The first-order valence-electron chi connectivity index (χ1n) is 2.97. The second kappa shape index (κ2) is 7.48. The summed E-state index contributed by atoms with van der Waals surface area (Å²) in [6.07, 6.45) is 4.24. The van der Waals surface area contributed by atoms with Gasteiger partial charge in [-0.3, -0.25) is 0 Å². The van der Waals surface area contributed by atoms with Crippen LogP contribution in [0.5, 0.6) is 0 Å². The summed E-state index contributed by atoms with van der Waals surface area (Å²) >= 11 is 4.78. The van der Waals surface area contributed by atoms with Crippen LogP contribution in [0.3, 0.4) is 0 Å². The van der Waals surface area contributed by atoms with Gasteiger partial charge in [-0.15, -0.1) is 0 Å². The molecule has 0 nitrogen and oxygen atoms in total. The molecule has 0 N–H and O–H groups in total. The first-order chi connectivity index (χ1) is 3.41. The van der Waals surface area contributed by atoms with E-state index in [2.05, 4.69) is 15.9 Å². The van der Waals surface area contributed by atoms with Gasteiger partial charge in [0.05, 0.1) is 0 Å². The zero-order valence-electron chi connectivity index (χ0n) is 4.91. The van der Waals surface area contributed by atoms with Gasteiger partial charge in [-0.2, -0.15) is 0 Å². The van der Waals surface area contributed by atoms with Gasteiger partial charge in [0.15, 0.2) is 0 Å². The average Bonchev–Trinajstić information content (AvgIpc) is 1.69. The molecule has 0 aliphatic rings. The number of hydrogen-bond donors (Lipinski definition) is 0. The Morgan fingerprint density at radius 2 is 1.86 bits per heavy atom. The van der Waals surface area contributed by atoms with Crippen molar-refractivity contribution < 1.29 is 0 Å². The molecule has 0 spiro atoms. The van der Waals surface area contributed by atoms with E-state index in [0.29, 0.717) is 0 Å². The van der Waals surface area contributed by atoms with Gasteiger partial charge in [-0.05, 0) is 0 Å². The Hall–Kier alpha value is 1.48. The van der Waals surface area contributed by atoms with E-state index in [1.807, 2.05) is 0 Å². The van der Waals surface area contributed by atoms with Crippen molar-refractivity contribution in [1.82, 2.24) is 0 Å². The molecular weight excluding hydrogens is 163 g/mol. The van der Waals surface area contributed by atoms with Crippen LogP contribution in [0.1, 0.15) is 19.3 Å². The predicted molar refractivity (Wildman–Crippen MR) is 38.2 cm³/mol. The quantitative estimate of drug-likeness (QED) is 0.347. The molecule has 0 aliphatic carbocycles. The molecule has 7 heavy (non-hydrogen) atoms. The predicted octanol–water partition coefficient (Wildman–Crippen LogP) is 2.14. The third-order valence-corrected chi connectivity index (χ3v) is 2.26. The molecule has 2 heteroatoms. The first-order valence-corrected chi connectivity index (χ1v) is 5.51. The first kappa shape index (κ1) is 8.48. The van der Waals surface area contributed by atoms with Crippen molar-refractivity contribution in [2.75, 3.05) is 5.33 Å². The molecule has 0 fully saturated rings. The Labute approximate surface area is 71.6 Å². The normalized spacial score (nSPS) is 9.57. The number of hydrogen-bond acceptors (Lipinski definition) is 0. The van der Waals surface area contributed by atoms with E-state index >= 15 is 0 Å². The molecule has 0 rings (SSSR count). The standard InChI is InChI=1S/C5H10Br.Na/c1-2-3-4-5-6;/h1-5H2;. The molecule has 0 atom stereocenters. The molecule has 0 aromatic carbocycles. The van der Waals surface area contributed by atoms with Crippen LogP contribution in [0, 0.1) is 0 Å². The van der Waals surface area contributed by atoms with E-state index in [0.717, 1.165) is 0 Å². The number of unbranched alkanes of at least 4 members (excludes halogenated alkanes) is 2. The van der Waals surface area contributed by atoms with Gasteiger partial charge in [-0.1, -0.05) is 0 Å². The van der Waals surface area contributed by atoms with Crippen LogP contribution in [0.15, 0.2) is 0 Å². The SMILES string of the molecule is [Na][CH2]CCCCBr. The van der Waals surface area contributed by atoms with E-state index in [1.165, 1.54) is 56.2 Å². The van der Waals surface area contributed by atoms with Gasteiger partial charge in [0.25, 0.3) is 0 Å². The van der Waals surface area contributed by atoms with Crippen molar-refractivity contribution in [3.63, 3.8) is 0 Å². The van der Waals surface area contributed by atoms with Crippen LogP contribution < -0.4 is 0 Å². The summed E-state index contributed by atoms with van der Waals surface area (Å²) in [5, 5.41) is 1.19. The van der Waals surface area contributed by atoms with Gasteiger partial charge >= 0.3 is 72.1 Å². The van der Waals surface area contributed by atoms with Crippen LogP contribution in [-0.2, 0) is 0 Å². The second-order valence-corrected chi connectivity index (χ2v) is 3.54. The Morgan fingerprint density at radius 1 is 1.14 bits per heavy atom.